The molecule has 1 fully saturated rings. The van der Waals surface area contributed by atoms with E-state index in [1.54, 1.807) is 17.0 Å². The molecule has 3 amide bonds. The van der Waals surface area contributed by atoms with Crippen molar-refractivity contribution in [3.8, 4) is 5.75 Å². The predicted molar refractivity (Wildman–Crippen MR) is 140 cm³/mol. The van der Waals surface area contributed by atoms with Gasteiger partial charge in [0, 0.05) is 37.8 Å². The van der Waals surface area contributed by atoms with E-state index in [0.717, 1.165) is 17.7 Å². The topological polar surface area (TPSA) is 108 Å². The number of rotatable bonds is 5. The normalized spacial score (nSPS) is 17.0. The number of ether oxygens (including phenoxy) is 2. The van der Waals surface area contributed by atoms with Crippen LogP contribution in [0.3, 0.4) is 0 Å². The number of nitrogens with zero attached hydrogens (tertiary/aromatic N) is 2. The van der Waals surface area contributed by atoms with Crippen molar-refractivity contribution >= 4 is 55.6 Å². The molecule has 0 bridgehead atoms. The number of hydrogen-bond acceptors (Lipinski definition) is 6. The number of amides is 3. The van der Waals surface area contributed by atoms with Gasteiger partial charge in [-0.25, -0.2) is 14.4 Å². The fourth-order valence-corrected chi connectivity index (χ4v) is 5.83. The number of fused-ring (bicyclic) bond motifs is 1. The van der Waals surface area contributed by atoms with Gasteiger partial charge in [0.05, 0.1) is 16.1 Å². The molecule has 0 spiro atoms. The second kappa shape index (κ2) is 11.5. The average molecular weight is 625 g/mol. The first-order chi connectivity index (χ1) is 17.3. The van der Waals surface area contributed by atoms with Crippen LogP contribution in [0.1, 0.15) is 24.0 Å². The number of methoxy groups -OCH3 is 1. The standard InChI is InChI=1S/C25H27Br2N3O6/c1-35-23(32)21(14-15-12-18(26)22(31)19(27)13-15)36-25(34)29-9-7-17(8-10-29)30-11-6-16-4-2-3-5-20(16)28-24(30)33/h2-5,12-13,17,21,31H,6-11,14H2,1H3,(H,28,33)/t21-/m1/s1. The van der Waals surface area contributed by atoms with E-state index in [0.29, 0.717) is 47.0 Å². The van der Waals surface area contributed by atoms with Crippen LogP contribution in [0, 0.1) is 0 Å². The Kier molecular flexibility index (Phi) is 8.40. The van der Waals surface area contributed by atoms with Crippen molar-refractivity contribution < 1.29 is 29.0 Å². The number of hydrogen-bond donors (Lipinski definition) is 2. The number of anilines is 1. The SMILES string of the molecule is COC(=O)[C@@H](Cc1cc(Br)c(O)c(Br)c1)OC(=O)N1CCC(N2CCc3ccccc3NC2=O)CC1. The molecule has 2 N–H and O–H groups in total. The van der Waals surface area contributed by atoms with Crippen molar-refractivity contribution in [3.63, 3.8) is 0 Å². The summed E-state index contributed by atoms with van der Waals surface area (Å²) >= 11 is 6.53. The van der Waals surface area contributed by atoms with E-state index in [4.69, 9.17) is 9.47 Å². The smallest absolute Gasteiger partial charge is 0.410 e. The highest BCUT2D eigenvalue weighted by atomic mass is 79.9. The lowest BCUT2D eigenvalue weighted by atomic mass is 10.0. The van der Waals surface area contributed by atoms with E-state index in [9.17, 15) is 19.5 Å². The van der Waals surface area contributed by atoms with E-state index >= 15 is 0 Å². The lowest BCUT2D eigenvalue weighted by molar-refractivity contribution is -0.151. The summed E-state index contributed by atoms with van der Waals surface area (Å²) in [6.07, 6.45) is 0.327. The van der Waals surface area contributed by atoms with Crippen molar-refractivity contribution in [2.45, 2.75) is 37.8 Å². The number of carbonyl (C=O) groups is 3. The molecule has 2 heterocycles. The predicted octanol–water partition coefficient (Wildman–Crippen LogP) is 4.69. The van der Waals surface area contributed by atoms with Gasteiger partial charge in [-0.15, -0.1) is 0 Å². The third-order valence-corrected chi connectivity index (χ3v) is 7.72. The van der Waals surface area contributed by atoms with Crippen LogP contribution in [0.4, 0.5) is 15.3 Å². The molecule has 4 rings (SSSR count). The number of likely N-dealkylation sites (tertiary alicyclic amines) is 1. The molecule has 2 aromatic carbocycles. The molecule has 2 aromatic rings. The summed E-state index contributed by atoms with van der Waals surface area (Å²) in [6, 6.07) is 11.0. The van der Waals surface area contributed by atoms with Gasteiger partial charge in [0.1, 0.15) is 5.75 Å². The zero-order valence-corrected chi connectivity index (χ0v) is 22.9. The molecule has 11 heteroatoms. The Morgan fingerprint density at radius 1 is 1.14 bits per heavy atom. The Bertz CT molecular complexity index is 1130. The first-order valence-electron chi connectivity index (χ1n) is 11.6. The fourth-order valence-electron chi connectivity index (χ4n) is 4.55. The third kappa shape index (κ3) is 5.95. The summed E-state index contributed by atoms with van der Waals surface area (Å²) < 4.78 is 11.3. The molecule has 0 radical (unpaired) electrons. The maximum absolute atomic E-state index is 12.9. The van der Waals surface area contributed by atoms with Gasteiger partial charge >= 0.3 is 18.1 Å². The molecule has 0 saturated carbocycles. The number of urea groups is 1. The van der Waals surface area contributed by atoms with Gasteiger partial charge in [0.2, 0.25) is 6.10 Å². The maximum atomic E-state index is 12.9. The first kappa shape index (κ1) is 26.3. The summed E-state index contributed by atoms with van der Waals surface area (Å²) in [5, 5.41) is 12.9. The molecule has 36 heavy (non-hydrogen) atoms. The second-order valence-corrected chi connectivity index (χ2v) is 10.5. The van der Waals surface area contributed by atoms with E-state index < -0.39 is 18.2 Å². The number of piperidine rings is 1. The van der Waals surface area contributed by atoms with Crippen LogP contribution in [0.15, 0.2) is 45.3 Å². The Labute approximate surface area is 226 Å². The van der Waals surface area contributed by atoms with Crippen LogP contribution in [-0.2, 0) is 27.1 Å². The number of aromatic hydroxyl groups is 1. The van der Waals surface area contributed by atoms with Gasteiger partial charge < -0.3 is 29.7 Å². The average Bonchev–Trinajstić information content (AvgIpc) is 3.04. The minimum atomic E-state index is -1.14. The summed E-state index contributed by atoms with van der Waals surface area (Å²) in [7, 11) is 1.24. The van der Waals surface area contributed by atoms with Gasteiger partial charge in [-0.05, 0) is 80.4 Å². The van der Waals surface area contributed by atoms with Crippen LogP contribution in [-0.4, -0.2) is 71.9 Å². The molecular formula is C25H27Br2N3O6. The number of carbonyl (C=O) groups excluding carboxylic acids is 3. The number of halogens is 2. The van der Waals surface area contributed by atoms with Crippen LogP contribution in [0.2, 0.25) is 0 Å². The van der Waals surface area contributed by atoms with Crippen molar-refractivity contribution in [2.75, 3.05) is 32.1 Å². The highest BCUT2D eigenvalue weighted by Gasteiger charge is 2.33. The van der Waals surface area contributed by atoms with Crippen LogP contribution >= 0.6 is 31.9 Å². The van der Waals surface area contributed by atoms with Crippen LogP contribution in [0.5, 0.6) is 5.75 Å². The van der Waals surface area contributed by atoms with E-state index in [-0.39, 0.29) is 24.2 Å². The number of para-hydroxylation sites is 1. The Balaban J connectivity index is 1.35. The molecular weight excluding hydrogens is 598 g/mol. The highest BCUT2D eigenvalue weighted by Crippen LogP contribution is 2.34. The zero-order valence-electron chi connectivity index (χ0n) is 19.7. The Morgan fingerprint density at radius 3 is 2.47 bits per heavy atom. The van der Waals surface area contributed by atoms with E-state index in [2.05, 4.69) is 37.2 Å². The van der Waals surface area contributed by atoms with Gasteiger partial charge in [-0.1, -0.05) is 18.2 Å². The number of phenolic OH excluding ortho intramolecular Hbond substituents is 1. The van der Waals surface area contributed by atoms with Gasteiger partial charge in [-0.2, -0.15) is 0 Å². The maximum Gasteiger partial charge on any atom is 0.410 e. The van der Waals surface area contributed by atoms with Crippen LogP contribution in [0.25, 0.3) is 0 Å². The Hall–Kier alpha value is -2.79. The lowest BCUT2D eigenvalue weighted by Crippen LogP contribution is -2.50. The highest BCUT2D eigenvalue weighted by molar-refractivity contribution is 9.11. The minimum Gasteiger partial charge on any atom is -0.506 e. The second-order valence-electron chi connectivity index (χ2n) is 8.76. The molecule has 192 valence electrons. The Morgan fingerprint density at radius 2 is 1.81 bits per heavy atom. The van der Waals surface area contributed by atoms with E-state index in [1.165, 1.54) is 7.11 Å². The summed E-state index contributed by atoms with van der Waals surface area (Å²) in [5.74, 6) is -0.630. The largest absolute Gasteiger partial charge is 0.506 e. The molecule has 9 nitrogen and oxygen atoms in total. The molecule has 0 aliphatic carbocycles. The molecule has 1 saturated heterocycles. The van der Waals surface area contributed by atoms with Crippen molar-refractivity contribution in [1.29, 1.82) is 0 Å². The lowest BCUT2D eigenvalue weighted by Gasteiger charge is -2.37. The molecule has 2 aliphatic heterocycles. The first-order valence-corrected chi connectivity index (χ1v) is 13.2. The zero-order chi connectivity index (χ0) is 25.8. The molecule has 0 unspecified atom stereocenters. The summed E-state index contributed by atoms with van der Waals surface area (Å²) in [6.45, 7) is 1.43. The van der Waals surface area contributed by atoms with Crippen molar-refractivity contribution in [1.82, 2.24) is 9.80 Å². The summed E-state index contributed by atoms with van der Waals surface area (Å²) in [5.41, 5.74) is 2.62. The van der Waals surface area contributed by atoms with Crippen LogP contribution < -0.4 is 5.32 Å². The van der Waals surface area contributed by atoms with E-state index in [1.807, 2.05) is 29.2 Å². The van der Waals surface area contributed by atoms with Gasteiger partial charge in [-0.3, -0.25) is 0 Å². The number of esters is 1. The third-order valence-electron chi connectivity index (χ3n) is 6.51. The number of phenols is 1. The quantitative estimate of drug-likeness (QED) is 0.467. The molecule has 0 aromatic heterocycles. The minimum absolute atomic E-state index is 0.00598. The monoisotopic (exact) mass is 623 g/mol. The molecule has 1 atom stereocenters. The van der Waals surface area contributed by atoms with Gasteiger partial charge in [0.25, 0.3) is 0 Å². The molecule has 2 aliphatic rings. The van der Waals surface area contributed by atoms with Crippen molar-refractivity contribution in [2.24, 2.45) is 0 Å². The summed E-state index contributed by atoms with van der Waals surface area (Å²) in [4.78, 5) is 41.5. The number of benzene rings is 2. The van der Waals surface area contributed by atoms with Gasteiger partial charge in [0.15, 0.2) is 0 Å². The van der Waals surface area contributed by atoms with Crippen molar-refractivity contribution in [3.05, 3.63) is 56.5 Å². The fraction of sp³-hybridized carbons (Fsp3) is 0.400. The number of nitrogens with one attached hydrogen (secondary N) is 1.